The first-order valence-electron chi connectivity index (χ1n) is 10.3. The molecule has 170 valence electrons. The van der Waals surface area contributed by atoms with Crippen LogP contribution in [0.2, 0.25) is 4.34 Å². The van der Waals surface area contributed by atoms with Crippen LogP contribution in [0, 0.1) is 0 Å². The molecule has 0 atom stereocenters. The number of rotatable bonds is 7. The lowest BCUT2D eigenvalue weighted by atomic mass is 10.0. The van der Waals surface area contributed by atoms with Crippen molar-refractivity contribution in [1.82, 2.24) is 19.4 Å². The van der Waals surface area contributed by atoms with Crippen LogP contribution in [0.25, 0.3) is 11.3 Å². The molecule has 0 aromatic carbocycles. The van der Waals surface area contributed by atoms with Crippen molar-refractivity contribution in [3.63, 3.8) is 0 Å². The highest BCUT2D eigenvalue weighted by Crippen LogP contribution is 2.30. The third kappa shape index (κ3) is 4.33. The van der Waals surface area contributed by atoms with E-state index in [2.05, 4.69) is 10.1 Å². The Morgan fingerprint density at radius 2 is 2.00 bits per heavy atom. The van der Waals surface area contributed by atoms with Gasteiger partial charge in [-0.25, -0.2) is 0 Å². The number of aromatic nitrogens is 4. The lowest BCUT2D eigenvalue weighted by Crippen LogP contribution is -2.22. The molecule has 5 aromatic heterocycles. The summed E-state index contributed by atoms with van der Waals surface area (Å²) in [5.74, 6) is 6.03. The van der Waals surface area contributed by atoms with Crippen LogP contribution in [0.5, 0.6) is 0 Å². The molecule has 0 radical (unpaired) electrons. The van der Waals surface area contributed by atoms with E-state index in [1.165, 1.54) is 27.5 Å². The van der Waals surface area contributed by atoms with Crippen molar-refractivity contribution >= 4 is 40.1 Å². The number of nitrogens with zero attached hydrogens (tertiary/aromatic N) is 4. The van der Waals surface area contributed by atoms with Crippen molar-refractivity contribution in [2.45, 2.75) is 13.0 Å². The minimum absolute atomic E-state index is 0.221. The summed E-state index contributed by atoms with van der Waals surface area (Å²) in [6, 6.07) is 14.4. The largest absolute Gasteiger partial charge is 0.323 e. The third-order valence-corrected chi connectivity index (χ3v) is 7.40. The molecule has 5 aromatic rings. The van der Waals surface area contributed by atoms with Gasteiger partial charge in [0.25, 0.3) is 5.56 Å². The summed E-state index contributed by atoms with van der Waals surface area (Å²) in [7, 11) is 0. The number of carbonyl (C=O) groups excluding carboxylic acids is 1. The van der Waals surface area contributed by atoms with Crippen LogP contribution in [0.1, 0.15) is 31.4 Å². The third-order valence-electron chi connectivity index (χ3n) is 5.30. The molecule has 0 saturated heterocycles. The number of nitrogen functional groups attached to an aromatic ring is 1. The van der Waals surface area contributed by atoms with E-state index < -0.39 is 0 Å². The van der Waals surface area contributed by atoms with Crippen molar-refractivity contribution in [2.75, 3.05) is 5.84 Å². The van der Waals surface area contributed by atoms with Crippen molar-refractivity contribution in [3.05, 3.63) is 114 Å². The molecule has 7 nitrogen and oxygen atoms in total. The van der Waals surface area contributed by atoms with Gasteiger partial charge in [-0.3, -0.25) is 14.6 Å². The summed E-state index contributed by atoms with van der Waals surface area (Å²) in [6.07, 6.45) is 5.46. The first-order valence-corrected chi connectivity index (χ1v) is 12.4. The van der Waals surface area contributed by atoms with Crippen LogP contribution >= 0.6 is 34.3 Å². The van der Waals surface area contributed by atoms with Crippen LogP contribution < -0.4 is 11.4 Å². The second-order valence-electron chi connectivity index (χ2n) is 7.52. The Labute approximate surface area is 207 Å². The number of hydrogen-bond donors (Lipinski definition) is 1. The van der Waals surface area contributed by atoms with E-state index >= 15 is 0 Å². The predicted molar refractivity (Wildman–Crippen MR) is 135 cm³/mol. The molecule has 34 heavy (non-hydrogen) atoms. The van der Waals surface area contributed by atoms with Crippen LogP contribution in [-0.4, -0.2) is 25.2 Å². The number of hydrogen-bond acceptors (Lipinski definition) is 7. The molecule has 0 saturated carbocycles. The number of pyridine rings is 2. The van der Waals surface area contributed by atoms with Crippen LogP contribution in [0.3, 0.4) is 0 Å². The fourth-order valence-corrected chi connectivity index (χ4v) is 5.50. The number of thiophene rings is 2. The summed E-state index contributed by atoms with van der Waals surface area (Å²) < 4.78 is 2.21. The first kappa shape index (κ1) is 22.3. The quantitative estimate of drug-likeness (QED) is 0.259. The molecule has 2 N–H and O–H groups in total. The highest BCUT2D eigenvalue weighted by Gasteiger charge is 2.28. The monoisotopic (exact) mass is 507 g/mol. The number of carbonyl (C=O) groups is 1. The second-order valence-corrected chi connectivity index (χ2v) is 10.3. The van der Waals surface area contributed by atoms with Crippen molar-refractivity contribution in [2.24, 2.45) is 0 Å². The van der Waals surface area contributed by atoms with Gasteiger partial charge in [0.1, 0.15) is 5.69 Å². The second kappa shape index (κ2) is 9.38. The fraction of sp³-hybridized carbons (Fsp3) is 0.0833. The molecule has 10 heteroatoms. The maximum Gasteiger partial charge on any atom is 0.260 e. The highest BCUT2D eigenvalue weighted by atomic mass is 35.5. The predicted octanol–water partition coefficient (Wildman–Crippen LogP) is 4.47. The molecule has 5 heterocycles. The summed E-state index contributed by atoms with van der Waals surface area (Å²) in [5, 5.41) is 6.28. The van der Waals surface area contributed by atoms with E-state index in [9.17, 15) is 9.59 Å². The van der Waals surface area contributed by atoms with Gasteiger partial charge in [0.15, 0.2) is 0 Å². The molecule has 0 unspecified atom stereocenters. The molecule has 0 aliphatic carbocycles. The molecule has 0 fully saturated rings. The minimum atomic E-state index is -0.268. The van der Waals surface area contributed by atoms with E-state index in [1.54, 1.807) is 47.4 Å². The van der Waals surface area contributed by atoms with E-state index in [0.29, 0.717) is 39.0 Å². The van der Waals surface area contributed by atoms with E-state index in [-0.39, 0.29) is 17.0 Å². The van der Waals surface area contributed by atoms with Crippen LogP contribution in [0.15, 0.2) is 77.3 Å². The van der Waals surface area contributed by atoms with Crippen molar-refractivity contribution < 1.29 is 4.79 Å². The number of ketones is 1. The number of halogens is 1. The molecule has 5 rings (SSSR count). The average Bonchev–Trinajstić information content (AvgIpc) is 3.58. The van der Waals surface area contributed by atoms with Gasteiger partial charge in [-0.15, -0.1) is 22.7 Å². The summed E-state index contributed by atoms with van der Waals surface area (Å²) >= 11 is 8.85. The van der Waals surface area contributed by atoms with E-state index in [0.717, 1.165) is 10.4 Å². The maximum absolute atomic E-state index is 13.6. The van der Waals surface area contributed by atoms with Gasteiger partial charge < -0.3 is 10.4 Å². The van der Waals surface area contributed by atoms with Gasteiger partial charge in [-0.2, -0.15) is 9.89 Å². The minimum Gasteiger partial charge on any atom is -0.323 e. The van der Waals surface area contributed by atoms with Gasteiger partial charge in [0, 0.05) is 29.9 Å². The highest BCUT2D eigenvalue weighted by molar-refractivity contribution is 7.16. The summed E-state index contributed by atoms with van der Waals surface area (Å²) in [4.78, 5) is 33.8. The lowest BCUT2D eigenvalue weighted by Gasteiger charge is -2.08. The SMILES string of the molecule is Nn1nc(-c2cccn(Cc3cccnc3)c2=O)c(C(=O)c2cccs2)c1Cc1ccc(Cl)s1. The summed E-state index contributed by atoms with van der Waals surface area (Å²) in [6.45, 7) is 0.346. The van der Waals surface area contributed by atoms with Gasteiger partial charge in [0.05, 0.1) is 32.6 Å². The van der Waals surface area contributed by atoms with E-state index in [4.69, 9.17) is 17.4 Å². The molecule has 0 bridgehead atoms. The molecule has 0 amide bonds. The Bertz CT molecular complexity index is 1520. The maximum atomic E-state index is 13.6. The lowest BCUT2D eigenvalue weighted by molar-refractivity contribution is 0.104. The normalized spacial score (nSPS) is 11.1. The Morgan fingerprint density at radius 1 is 1.12 bits per heavy atom. The molecule has 0 aliphatic heterocycles. The Morgan fingerprint density at radius 3 is 2.71 bits per heavy atom. The topological polar surface area (TPSA) is 95.8 Å². The standard InChI is InChI=1S/C24H18ClN5O2S2/c25-20-8-7-16(34-20)12-18-21(23(31)19-6-3-11-33-19)22(28-30(18)26)17-5-2-10-29(24(17)32)14-15-4-1-9-27-13-15/h1-11,13H,12,14,26H2. The van der Waals surface area contributed by atoms with E-state index in [1.807, 2.05) is 29.6 Å². The Kier molecular flexibility index (Phi) is 6.14. The van der Waals surface area contributed by atoms with Gasteiger partial charge in [-0.1, -0.05) is 23.7 Å². The van der Waals surface area contributed by atoms with Gasteiger partial charge in [0.2, 0.25) is 5.78 Å². The Hall–Kier alpha value is -3.53. The average molecular weight is 508 g/mol. The van der Waals surface area contributed by atoms with Crippen molar-refractivity contribution in [3.8, 4) is 11.3 Å². The van der Waals surface area contributed by atoms with Crippen LogP contribution in [-0.2, 0) is 13.0 Å². The zero-order chi connectivity index (χ0) is 23.7. The number of nitrogens with two attached hydrogens (primary N) is 1. The molecular formula is C24H18ClN5O2S2. The zero-order valence-corrected chi connectivity index (χ0v) is 20.1. The molecular weight excluding hydrogens is 490 g/mol. The van der Waals surface area contributed by atoms with Gasteiger partial charge in [-0.05, 0) is 47.3 Å². The smallest absolute Gasteiger partial charge is 0.260 e. The van der Waals surface area contributed by atoms with Gasteiger partial charge >= 0.3 is 0 Å². The first-order chi connectivity index (χ1) is 16.5. The molecule has 0 spiro atoms. The molecule has 0 aliphatic rings. The van der Waals surface area contributed by atoms with Crippen LogP contribution in [0.4, 0.5) is 0 Å². The fourth-order valence-electron chi connectivity index (χ4n) is 3.74. The Balaban J connectivity index is 1.64. The zero-order valence-electron chi connectivity index (χ0n) is 17.7. The summed E-state index contributed by atoms with van der Waals surface area (Å²) in [5.41, 5.74) is 2.04. The van der Waals surface area contributed by atoms with Crippen molar-refractivity contribution in [1.29, 1.82) is 0 Å².